The van der Waals surface area contributed by atoms with Gasteiger partial charge in [-0.15, -0.1) is 11.3 Å². The summed E-state index contributed by atoms with van der Waals surface area (Å²) in [6, 6.07) is 12.0. The van der Waals surface area contributed by atoms with Crippen LogP contribution in [0, 0.1) is 0 Å². The van der Waals surface area contributed by atoms with Crippen LogP contribution in [0.5, 0.6) is 0 Å². The smallest absolute Gasteiger partial charge is 0.318 e. The number of nitrogens with zero attached hydrogens (tertiary/aromatic N) is 1. The summed E-state index contributed by atoms with van der Waals surface area (Å²) in [5.74, 6) is -0.188. The van der Waals surface area contributed by atoms with Crippen molar-refractivity contribution in [3.63, 3.8) is 0 Å². The van der Waals surface area contributed by atoms with Crippen LogP contribution in [0.1, 0.15) is 10.4 Å². The molecule has 0 saturated heterocycles. The summed E-state index contributed by atoms with van der Waals surface area (Å²) in [4.78, 5) is 27.7. The SMILES string of the molecule is CNC(=O)Nc1ccc(NC(=O)c2ccc3ncsc3c2)cc1. The van der Waals surface area contributed by atoms with Gasteiger partial charge in [-0.3, -0.25) is 4.79 Å². The standard InChI is InChI=1S/C16H14N4O2S/c1-17-16(22)20-12-5-3-11(4-6-12)19-15(21)10-2-7-13-14(8-10)23-9-18-13/h2-9H,1H3,(H,19,21)(H2,17,20,22). The number of hydrogen-bond acceptors (Lipinski definition) is 4. The van der Waals surface area contributed by atoms with Crippen molar-refractivity contribution < 1.29 is 9.59 Å². The third-order valence-electron chi connectivity index (χ3n) is 3.22. The predicted octanol–water partition coefficient (Wildman–Crippen LogP) is 3.30. The number of aromatic nitrogens is 1. The van der Waals surface area contributed by atoms with E-state index in [-0.39, 0.29) is 11.9 Å². The topological polar surface area (TPSA) is 83.1 Å². The molecule has 0 saturated carbocycles. The van der Waals surface area contributed by atoms with Crippen LogP contribution in [-0.2, 0) is 0 Å². The van der Waals surface area contributed by atoms with Gasteiger partial charge >= 0.3 is 6.03 Å². The number of carbonyl (C=O) groups excluding carboxylic acids is 2. The van der Waals surface area contributed by atoms with Crippen molar-refractivity contribution in [3.8, 4) is 0 Å². The minimum Gasteiger partial charge on any atom is -0.341 e. The fraction of sp³-hybridized carbons (Fsp3) is 0.0625. The van der Waals surface area contributed by atoms with E-state index in [9.17, 15) is 9.59 Å². The molecule has 0 aliphatic rings. The highest BCUT2D eigenvalue weighted by Gasteiger charge is 2.08. The maximum Gasteiger partial charge on any atom is 0.318 e. The van der Waals surface area contributed by atoms with Crippen LogP contribution in [0.3, 0.4) is 0 Å². The Kier molecular flexibility index (Phi) is 4.20. The van der Waals surface area contributed by atoms with Gasteiger partial charge < -0.3 is 16.0 Å². The number of rotatable bonds is 3. The van der Waals surface area contributed by atoms with Crippen molar-refractivity contribution in [2.45, 2.75) is 0 Å². The van der Waals surface area contributed by atoms with Crippen LogP contribution in [-0.4, -0.2) is 24.0 Å². The number of fused-ring (bicyclic) bond motifs is 1. The lowest BCUT2D eigenvalue weighted by atomic mass is 10.2. The molecule has 1 heterocycles. The molecule has 3 rings (SSSR count). The first-order valence-electron chi connectivity index (χ1n) is 6.89. The Hall–Kier alpha value is -2.93. The molecule has 0 spiro atoms. The molecule has 0 bridgehead atoms. The van der Waals surface area contributed by atoms with E-state index in [0.717, 1.165) is 10.2 Å². The molecular weight excluding hydrogens is 312 g/mol. The summed E-state index contributed by atoms with van der Waals surface area (Å²) >= 11 is 1.50. The molecule has 0 radical (unpaired) electrons. The minimum absolute atomic E-state index is 0.188. The zero-order valence-corrected chi connectivity index (χ0v) is 13.1. The first kappa shape index (κ1) is 15.0. The molecule has 6 nitrogen and oxygen atoms in total. The molecule has 1 aromatic heterocycles. The summed E-state index contributed by atoms with van der Waals surface area (Å²) in [5.41, 5.74) is 4.52. The lowest BCUT2D eigenvalue weighted by Crippen LogP contribution is -2.24. The number of amides is 3. The molecule has 0 unspecified atom stereocenters. The number of thiazole rings is 1. The monoisotopic (exact) mass is 326 g/mol. The minimum atomic E-state index is -0.292. The highest BCUT2D eigenvalue weighted by atomic mass is 32.1. The molecule has 3 aromatic rings. The largest absolute Gasteiger partial charge is 0.341 e. The van der Waals surface area contributed by atoms with Crippen LogP contribution >= 0.6 is 11.3 Å². The average Bonchev–Trinajstić information content (AvgIpc) is 3.04. The fourth-order valence-electron chi connectivity index (χ4n) is 2.03. The van der Waals surface area contributed by atoms with Gasteiger partial charge in [0.05, 0.1) is 15.7 Å². The molecular formula is C16H14N4O2S. The molecule has 0 atom stereocenters. The predicted molar refractivity (Wildman–Crippen MR) is 92.1 cm³/mol. The Morgan fingerprint density at radius 1 is 1.00 bits per heavy atom. The summed E-state index contributed by atoms with van der Waals surface area (Å²) in [7, 11) is 1.55. The van der Waals surface area contributed by atoms with Gasteiger partial charge in [0.1, 0.15) is 0 Å². The molecule has 3 N–H and O–H groups in total. The Morgan fingerprint density at radius 2 is 1.70 bits per heavy atom. The van der Waals surface area contributed by atoms with Gasteiger partial charge in [-0.25, -0.2) is 9.78 Å². The highest BCUT2D eigenvalue weighted by molar-refractivity contribution is 7.16. The number of carbonyl (C=O) groups is 2. The Labute approximate surface area is 136 Å². The molecule has 23 heavy (non-hydrogen) atoms. The van der Waals surface area contributed by atoms with Gasteiger partial charge in [-0.1, -0.05) is 0 Å². The maximum atomic E-state index is 12.3. The van der Waals surface area contributed by atoms with E-state index in [1.54, 1.807) is 42.9 Å². The van der Waals surface area contributed by atoms with Gasteiger partial charge in [-0.05, 0) is 42.5 Å². The van der Waals surface area contributed by atoms with E-state index in [1.165, 1.54) is 11.3 Å². The third-order valence-corrected chi connectivity index (χ3v) is 4.01. The second-order valence-corrected chi connectivity index (χ2v) is 5.66. The molecule has 0 aliphatic heterocycles. The van der Waals surface area contributed by atoms with Crippen molar-refractivity contribution in [1.29, 1.82) is 0 Å². The third kappa shape index (κ3) is 3.46. The van der Waals surface area contributed by atoms with Crippen molar-refractivity contribution in [1.82, 2.24) is 10.3 Å². The van der Waals surface area contributed by atoms with Crippen molar-refractivity contribution >= 4 is 44.9 Å². The van der Waals surface area contributed by atoms with Crippen LogP contribution < -0.4 is 16.0 Å². The second kappa shape index (κ2) is 6.45. The maximum absolute atomic E-state index is 12.3. The lowest BCUT2D eigenvalue weighted by Gasteiger charge is -2.08. The van der Waals surface area contributed by atoms with Gasteiger partial charge in [0.2, 0.25) is 0 Å². The van der Waals surface area contributed by atoms with Gasteiger partial charge in [0, 0.05) is 24.0 Å². The Bertz CT molecular complexity index is 858. The second-order valence-electron chi connectivity index (χ2n) is 4.77. The molecule has 0 aliphatic carbocycles. The average molecular weight is 326 g/mol. The van der Waals surface area contributed by atoms with Crippen LogP contribution in [0.2, 0.25) is 0 Å². The lowest BCUT2D eigenvalue weighted by molar-refractivity contribution is 0.102. The first-order valence-corrected chi connectivity index (χ1v) is 7.77. The van der Waals surface area contributed by atoms with Crippen molar-refractivity contribution in [2.24, 2.45) is 0 Å². The zero-order valence-electron chi connectivity index (χ0n) is 12.3. The van der Waals surface area contributed by atoms with Crippen molar-refractivity contribution in [3.05, 3.63) is 53.5 Å². The highest BCUT2D eigenvalue weighted by Crippen LogP contribution is 2.20. The van der Waals surface area contributed by atoms with Gasteiger partial charge in [0.15, 0.2) is 0 Å². The first-order chi connectivity index (χ1) is 11.2. The number of benzene rings is 2. The Balaban J connectivity index is 1.70. The summed E-state index contributed by atoms with van der Waals surface area (Å²) in [6.45, 7) is 0. The van der Waals surface area contributed by atoms with E-state index >= 15 is 0 Å². The molecule has 2 aromatic carbocycles. The summed E-state index contributed by atoms with van der Waals surface area (Å²) < 4.78 is 0.975. The molecule has 7 heteroatoms. The van der Waals surface area contributed by atoms with Crippen LogP contribution in [0.15, 0.2) is 48.0 Å². The zero-order chi connectivity index (χ0) is 16.2. The molecule has 116 valence electrons. The number of nitrogens with one attached hydrogen (secondary N) is 3. The van der Waals surface area contributed by atoms with E-state index in [4.69, 9.17) is 0 Å². The van der Waals surface area contributed by atoms with E-state index in [0.29, 0.717) is 16.9 Å². The van der Waals surface area contributed by atoms with E-state index < -0.39 is 0 Å². The summed E-state index contributed by atoms with van der Waals surface area (Å²) in [5, 5.41) is 7.95. The van der Waals surface area contributed by atoms with E-state index in [1.807, 2.05) is 12.1 Å². The van der Waals surface area contributed by atoms with E-state index in [2.05, 4.69) is 20.9 Å². The molecule has 3 amide bonds. The number of urea groups is 1. The summed E-state index contributed by atoms with van der Waals surface area (Å²) in [6.07, 6.45) is 0. The van der Waals surface area contributed by atoms with Crippen LogP contribution in [0.4, 0.5) is 16.2 Å². The fourth-order valence-corrected chi connectivity index (χ4v) is 2.75. The normalized spacial score (nSPS) is 10.3. The van der Waals surface area contributed by atoms with Crippen molar-refractivity contribution in [2.75, 3.05) is 17.7 Å². The van der Waals surface area contributed by atoms with Gasteiger partial charge in [0.25, 0.3) is 5.91 Å². The number of anilines is 2. The number of hydrogen-bond donors (Lipinski definition) is 3. The quantitative estimate of drug-likeness (QED) is 0.690. The van der Waals surface area contributed by atoms with Crippen LogP contribution in [0.25, 0.3) is 10.2 Å². The molecule has 0 fully saturated rings. The Morgan fingerprint density at radius 3 is 2.39 bits per heavy atom. The van der Waals surface area contributed by atoms with Gasteiger partial charge in [-0.2, -0.15) is 0 Å².